The topological polar surface area (TPSA) is 82.3 Å². The Balaban J connectivity index is 1.53. The minimum atomic E-state index is -3.78. The number of hydrogen-bond donors (Lipinski definition) is 2. The van der Waals surface area contributed by atoms with E-state index in [2.05, 4.69) is 10.3 Å². The molecule has 6 nitrogen and oxygen atoms in total. The summed E-state index contributed by atoms with van der Waals surface area (Å²) in [5, 5.41) is 3.75. The second-order valence-corrected chi connectivity index (χ2v) is 10.1. The van der Waals surface area contributed by atoms with E-state index in [1.165, 1.54) is 18.3 Å². The van der Waals surface area contributed by atoms with Gasteiger partial charge >= 0.3 is 0 Å². The van der Waals surface area contributed by atoms with Crippen molar-refractivity contribution in [2.45, 2.75) is 44.4 Å². The van der Waals surface area contributed by atoms with Crippen molar-refractivity contribution in [3.8, 4) is 0 Å². The first-order valence-corrected chi connectivity index (χ1v) is 11.7. The molecule has 30 heavy (non-hydrogen) atoms. The number of carbonyl (C=O) groups excluding carboxylic acids is 1. The highest BCUT2D eigenvalue weighted by Gasteiger charge is 2.25. The van der Waals surface area contributed by atoms with Crippen LogP contribution in [0.2, 0.25) is 0 Å². The number of sulfonamides is 1. The summed E-state index contributed by atoms with van der Waals surface area (Å²) in [5.41, 5.74) is 6.27. The highest BCUT2D eigenvalue weighted by Crippen LogP contribution is 2.31. The van der Waals surface area contributed by atoms with Gasteiger partial charge in [0.25, 0.3) is 0 Å². The summed E-state index contributed by atoms with van der Waals surface area (Å²) in [5.74, 6) is -0.371. The summed E-state index contributed by atoms with van der Waals surface area (Å²) in [6.45, 7) is 3.72. The van der Waals surface area contributed by atoms with Gasteiger partial charge in [0.05, 0.1) is 11.4 Å². The molecule has 2 N–H and O–H groups in total. The number of amides is 1. The van der Waals surface area contributed by atoms with Crippen molar-refractivity contribution >= 4 is 32.5 Å². The van der Waals surface area contributed by atoms with Crippen molar-refractivity contribution in [1.29, 1.82) is 0 Å². The average Bonchev–Trinajstić information content (AvgIpc) is 3.08. The minimum absolute atomic E-state index is 0.212. The van der Waals surface area contributed by atoms with Gasteiger partial charge in [0.2, 0.25) is 15.9 Å². The molecule has 0 bridgehead atoms. The van der Waals surface area contributed by atoms with Crippen LogP contribution in [0.25, 0.3) is 10.9 Å². The highest BCUT2D eigenvalue weighted by atomic mass is 32.2. The van der Waals surface area contributed by atoms with Crippen LogP contribution in [0.3, 0.4) is 0 Å². The molecule has 1 aliphatic carbocycles. The monoisotopic (exact) mass is 425 g/mol. The summed E-state index contributed by atoms with van der Waals surface area (Å²) in [7, 11) is -2.34. The first kappa shape index (κ1) is 20.6. The van der Waals surface area contributed by atoms with E-state index in [-0.39, 0.29) is 17.3 Å². The molecule has 158 valence electrons. The first-order chi connectivity index (χ1) is 14.3. The molecule has 1 aromatic heterocycles. The number of benzene rings is 2. The average molecular weight is 426 g/mol. The van der Waals surface area contributed by atoms with E-state index < -0.39 is 10.0 Å². The number of likely N-dealkylation sites (N-methyl/N-ethyl adjacent to an activating group) is 1. The van der Waals surface area contributed by atoms with Gasteiger partial charge in [-0.05, 0) is 86.6 Å². The summed E-state index contributed by atoms with van der Waals surface area (Å²) in [4.78, 5) is 16.1. The van der Waals surface area contributed by atoms with Crippen LogP contribution in [-0.4, -0.2) is 37.2 Å². The lowest BCUT2D eigenvalue weighted by atomic mass is 9.96. The SMILES string of the molecule is Cc1ccc(NC(=O)CN(C)S(=O)(=O)c2ccc3[nH]c4c(c3c2)CCCC4)cc1C. The Hall–Kier alpha value is -2.64. The maximum atomic E-state index is 13.1. The quantitative estimate of drug-likeness (QED) is 0.650. The van der Waals surface area contributed by atoms with E-state index in [9.17, 15) is 13.2 Å². The van der Waals surface area contributed by atoms with E-state index in [1.807, 2.05) is 38.1 Å². The van der Waals surface area contributed by atoms with Gasteiger partial charge in [0.1, 0.15) is 0 Å². The van der Waals surface area contributed by atoms with Crippen LogP contribution in [0.5, 0.6) is 0 Å². The van der Waals surface area contributed by atoms with Gasteiger partial charge in [-0.2, -0.15) is 4.31 Å². The molecule has 0 saturated carbocycles. The molecule has 1 amide bonds. The Kier molecular flexibility index (Phi) is 5.42. The van der Waals surface area contributed by atoms with Gasteiger partial charge in [-0.1, -0.05) is 6.07 Å². The van der Waals surface area contributed by atoms with Crippen LogP contribution < -0.4 is 5.32 Å². The third-order valence-corrected chi connectivity index (χ3v) is 7.73. The molecule has 0 spiro atoms. The predicted octanol–water partition coefficient (Wildman–Crippen LogP) is 3.92. The number of aryl methyl sites for hydroxylation is 4. The van der Waals surface area contributed by atoms with Gasteiger partial charge in [-0.3, -0.25) is 4.79 Å². The highest BCUT2D eigenvalue weighted by molar-refractivity contribution is 7.89. The van der Waals surface area contributed by atoms with Crippen molar-refractivity contribution in [3.63, 3.8) is 0 Å². The number of hydrogen-bond acceptors (Lipinski definition) is 3. The zero-order valence-corrected chi connectivity index (χ0v) is 18.4. The molecule has 2 aromatic carbocycles. The summed E-state index contributed by atoms with van der Waals surface area (Å²) >= 11 is 0. The maximum Gasteiger partial charge on any atom is 0.243 e. The van der Waals surface area contributed by atoms with Crippen LogP contribution in [0.15, 0.2) is 41.3 Å². The Morgan fingerprint density at radius 3 is 2.60 bits per heavy atom. The van der Waals surface area contributed by atoms with E-state index in [1.54, 1.807) is 12.1 Å². The van der Waals surface area contributed by atoms with Crippen molar-refractivity contribution in [2.75, 3.05) is 18.9 Å². The Morgan fingerprint density at radius 1 is 1.07 bits per heavy atom. The Morgan fingerprint density at radius 2 is 1.83 bits per heavy atom. The molecule has 0 saturated heterocycles. The number of carbonyl (C=O) groups is 1. The van der Waals surface area contributed by atoms with Crippen molar-refractivity contribution < 1.29 is 13.2 Å². The van der Waals surface area contributed by atoms with Crippen molar-refractivity contribution in [3.05, 3.63) is 58.8 Å². The second-order valence-electron chi connectivity index (χ2n) is 8.10. The number of fused-ring (bicyclic) bond motifs is 3. The van der Waals surface area contributed by atoms with Crippen LogP contribution in [0.4, 0.5) is 5.69 Å². The molecule has 7 heteroatoms. The normalized spacial score (nSPS) is 14.1. The molecule has 0 fully saturated rings. The molecule has 4 rings (SSSR count). The fraction of sp³-hybridized carbons (Fsp3) is 0.348. The van der Waals surface area contributed by atoms with Gasteiger partial charge in [0, 0.05) is 29.3 Å². The number of anilines is 1. The van der Waals surface area contributed by atoms with E-state index in [0.717, 1.165) is 52.0 Å². The van der Waals surface area contributed by atoms with Crippen LogP contribution in [0.1, 0.15) is 35.2 Å². The lowest BCUT2D eigenvalue weighted by Crippen LogP contribution is -2.35. The lowest BCUT2D eigenvalue weighted by molar-refractivity contribution is -0.116. The molecular weight excluding hydrogens is 398 g/mol. The van der Waals surface area contributed by atoms with Gasteiger partial charge in [0.15, 0.2) is 0 Å². The van der Waals surface area contributed by atoms with Gasteiger partial charge in [-0.15, -0.1) is 0 Å². The number of H-pyrrole nitrogens is 1. The van der Waals surface area contributed by atoms with Gasteiger partial charge in [-0.25, -0.2) is 8.42 Å². The molecular formula is C23H27N3O3S. The molecule has 0 aliphatic heterocycles. The molecule has 0 radical (unpaired) electrons. The third-order valence-electron chi connectivity index (χ3n) is 5.93. The number of aromatic amines is 1. The molecule has 1 aliphatic rings. The van der Waals surface area contributed by atoms with E-state index >= 15 is 0 Å². The summed E-state index contributed by atoms with van der Waals surface area (Å²) in [6.07, 6.45) is 4.25. The largest absolute Gasteiger partial charge is 0.358 e. The maximum absolute atomic E-state index is 13.1. The molecule has 3 aromatic rings. The third kappa shape index (κ3) is 3.87. The number of rotatable bonds is 5. The fourth-order valence-electron chi connectivity index (χ4n) is 4.03. The van der Waals surface area contributed by atoms with E-state index in [4.69, 9.17) is 0 Å². The Bertz CT molecular complexity index is 1230. The smallest absolute Gasteiger partial charge is 0.243 e. The van der Waals surface area contributed by atoms with Crippen LogP contribution in [-0.2, 0) is 27.7 Å². The summed E-state index contributed by atoms with van der Waals surface area (Å²) < 4.78 is 27.3. The van der Waals surface area contributed by atoms with Crippen molar-refractivity contribution in [1.82, 2.24) is 9.29 Å². The number of aromatic nitrogens is 1. The van der Waals surface area contributed by atoms with Gasteiger partial charge < -0.3 is 10.3 Å². The number of nitrogens with zero attached hydrogens (tertiary/aromatic N) is 1. The first-order valence-electron chi connectivity index (χ1n) is 10.2. The van der Waals surface area contributed by atoms with Crippen LogP contribution >= 0.6 is 0 Å². The predicted molar refractivity (Wildman–Crippen MR) is 119 cm³/mol. The van der Waals surface area contributed by atoms with Crippen molar-refractivity contribution in [2.24, 2.45) is 0 Å². The lowest BCUT2D eigenvalue weighted by Gasteiger charge is -2.17. The Labute approximate surface area is 177 Å². The fourth-order valence-corrected chi connectivity index (χ4v) is 5.19. The number of nitrogens with one attached hydrogen (secondary N) is 2. The summed E-state index contributed by atoms with van der Waals surface area (Å²) in [6, 6.07) is 10.8. The minimum Gasteiger partial charge on any atom is -0.358 e. The molecule has 0 atom stereocenters. The van der Waals surface area contributed by atoms with Crippen LogP contribution in [0, 0.1) is 13.8 Å². The zero-order valence-electron chi connectivity index (χ0n) is 17.6. The molecule has 0 unspecified atom stereocenters. The van der Waals surface area contributed by atoms with E-state index in [0.29, 0.717) is 5.69 Å². The standard InChI is InChI=1S/C23H27N3O3S/c1-15-8-9-17(12-16(15)2)24-23(27)14-26(3)30(28,29)18-10-11-22-20(13-18)19-6-4-5-7-21(19)25-22/h8-13,25H,4-7,14H2,1-3H3,(H,24,27). The molecule has 1 heterocycles. The zero-order chi connectivity index (χ0) is 21.5. The second kappa shape index (κ2) is 7.89.